The Morgan fingerprint density at radius 2 is 1.58 bits per heavy atom. The van der Waals surface area contributed by atoms with Gasteiger partial charge in [0.05, 0.1) is 11.9 Å². The van der Waals surface area contributed by atoms with Gasteiger partial charge in [0.1, 0.15) is 24.7 Å². The van der Waals surface area contributed by atoms with E-state index >= 15 is 0 Å². The number of rotatable bonds is 11. The molecule has 1 aromatic carbocycles. The molecule has 0 aliphatic heterocycles. The summed E-state index contributed by atoms with van der Waals surface area (Å²) in [7, 11) is 0. The summed E-state index contributed by atoms with van der Waals surface area (Å²) in [5, 5.41) is 20.9. The molecule has 122 valence electrons. The smallest absolute Gasteiger partial charge is 0.546 e. The van der Waals surface area contributed by atoms with Crippen LogP contribution in [0.3, 0.4) is 0 Å². The van der Waals surface area contributed by atoms with Crippen LogP contribution in [-0.2, 0) is 16.0 Å². The molecule has 0 heterocycles. The molecule has 0 aromatic heterocycles. The summed E-state index contributed by atoms with van der Waals surface area (Å²) in [5.74, 6) is -2.00. The van der Waals surface area contributed by atoms with Crippen molar-refractivity contribution in [1.82, 2.24) is 0 Å². The number of carbonyl (C=O) groups excluding carboxylic acids is 2. The van der Waals surface area contributed by atoms with Gasteiger partial charge in [0.2, 0.25) is 0 Å². The summed E-state index contributed by atoms with van der Waals surface area (Å²) in [4.78, 5) is 20.9. The number of carbonyl (C=O) groups is 2. The van der Waals surface area contributed by atoms with Gasteiger partial charge in [-0.15, -0.1) is 0 Å². The van der Waals surface area contributed by atoms with E-state index in [2.05, 4.69) is 6.92 Å². The van der Waals surface area contributed by atoms with Crippen LogP contribution in [0, 0.1) is 0 Å². The second-order valence-electron chi connectivity index (χ2n) is 4.90. The molecule has 0 aliphatic rings. The van der Waals surface area contributed by atoms with Crippen LogP contribution in [-0.4, -0.2) is 25.2 Å². The van der Waals surface area contributed by atoms with E-state index in [9.17, 15) is 19.8 Å². The Morgan fingerprint density at radius 3 is 2.17 bits per heavy atom. The van der Waals surface area contributed by atoms with E-state index in [0.717, 1.165) is 37.7 Å². The molecule has 6 nitrogen and oxygen atoms in total. The van der Waals surface area contributed by atoms with Crippen LogP contribution in [0.5, 0.6) is 11.5 Å². The van der Waals surface area contributed by atoms with E-state index in [1.807, 2.05) is 0 Å². The summed E-state index contributed by atoms with van der Waals surface area (Å²) in [5.41, 5.74) is 0.859. The predicted molar refractivity (Wildman–Crippen MR) is 75.3 cm³/mol. The van der Waals surface area contributed by atoms with E-state index < -0.39 is 25.2 Å². The molecule has 0 aliphatic carbocycles. The maximum absolute atomic E-state index is 10.5. The average molecular weight is 354 g/mol. The fraction of sp³-hybridized carbons (Fsp3) is 0.500. The molecule has 1 rings (SSSR count). The average Bonchev–Trinajstić information content (AvgIpc) is 2.48. The molecule has 0 spiro atoms. The van der Waals surface area contributed by atoms with Crippen molar-refractivity contribution < 1.29 is 88.4 Å². The standard InChI is InChI=1S/C16H22O6.2Na/c1-2-3-4-5-6-12-7-8-13(21-10-15(17)18)9-14(12)22-11-16(19)20;;/h7-9H,2-6,10-11H2,1H3,(H,17,18)(H,19,20);;/q;2*+1/p-2. The van der Waals surface area contributed by atoms with Gasteiger partial charge < -0.3 is 29.3 Å². The number of aryl methyl sites for hydroxylation is 1. The zero-order valence-electron chi connectivity index (χ0n) is 14.6. The molecular weight excluding hydrogens is 334 g/mol. The molecule has 0 saturated carbocycles. The Labute approximate surface area is 186 Å². The van der Waals surface area contributed by atoms with Crippen molar-refractivity contribution in [3.05, 3.63) is 23.8 Å². The number of hydrogen-bond acceptors (Lipinski definition) is 6. The molecule has 8 heteroatoms. The Hall–Kier alpha value is -0.240. The van der Waals surface area contributed by atoms with Crippen molar-refractivity contribution in [1.29, 1.82) is 0 Å². The topological polar surface area (TPSA) is 98.7 Å². The number of unbranched alkanes of at least 4 members (excludes halogenated alkanes) is 3. The van der Waals surface area contributed by atoms with Crippen molar-refractivity contribution in [3.63, 3.8) is 0 Å². The summed E-state index contributed by atoms with van der Waals surface area (Å²) in [6.07, 6.45) is 5.07. The van der Waals surface area contributed by atoms with Crippen LogP contribution in [0.25, 0.3) is 0 Å². The summed E-state index contributed by atoms with van der Waals surface area (Å²) < 4.78 is 10.2. The molecule has 0 atom stereocenters. The van der Waals surface area contributed by atoms with E-state index in [4.69, 9.17) is 9.47 Å². The van der Waals surface area contributed by atoms with E-state index in [-0.39, 0.29) is 64.9 Å². The molecule has 0 bridgehead atoms. The maximum atomic E-state index is 10.5. The first-order valence-corrected chi connectivity index (χ1v) is 7.31. The fourth-order valence-corrected chi connectivity index (χ4v) is 1.99. The van der Waals surface area contributed by atoms with Crippen LogP contribution in [0.15, 0.2) is 18.2 Å². The molecule has 0 amide bonds. The van der Waals surface area contributed by atoms with Gasteiger partial charge in [-0.2, -0.15) is 0 Å². The minimum absolute atomic E-state index is 0. The Kier molecular flexibility index (Phi) is 16.3. The van der Waals surface area contributed by atoms with Crippen molar-refractivity contribution >= 4 is 11.9 Å². The first-order valence-electron chi connectivity index (χ1n) is 7.31. The molecular formula is C16H20Na2O6. The fourth-order valence-electron chi connectivity index (χ4n) is 1.99. The van der Waals surface area contributed by atoms with Crippen LogP contribution in [0.4, 0.5) is 0 Å². The number of benzene rings is 1. The molecule has 0 saturated heterocycles. The Morgan fingerprint density at radius 1 is 0.958 bits per heavy atom. The van der Waals surface area contributed by atoms with Crippen LogP contribution < -0.4 is 78.8 Å². The van der Waals surface area contributed by atoms with Crippen LogP contribution in [0.2, 0.25) is 0 Å². The zero-order chi connectivity index (χ0) is 16.4. The largest absolute Gasteiger partial charge is 1.00 e. The molecule has 0 N–H and O–H groups in total. The Balaban J connectivity index is 0. The predicted octanol–water partition coefficient (Wildman–Crippen LogP) is -5.93. The Bertz CT molecular complexity index is 507. The molecule has 1 aromatic rings. The molecule has 0 unspecified atom stereocenters. The number of ether oxygens (including phenoxy) is 2. The van der Waals surface area contributed by atoms with Gasteiger partial charge in [0.15, 0.2) is 0 Å². The summed E-state index contributed by atoms with van der Waals surface area (Å²) >= 11 is 0. The number of carboxylic acids is 2. The minimum Gasteiger partial charge on any atom is -0.546 e. The number of carboxylic acid groups (broad SMARTS) is 2. The summed E-state index contributed by atoms with van der Waals surface area (Å²) in [6, 6.07) is 4.87. The minimum atomic E-state index is -1.33. The zero-order valence-corrected chi connectivity index (χ0v) is 18.6. The van der Waals surface area contributed by atoms with Gasteiger partial charge in [0.25, 0.3) is 0 Å². The first-order chi connectivity index (χ1) is 10.5. The quantitative estimate of drug-likeness (QED) is 0.290. The first kappa shape index (κ1) is 26.0. The van der Waals surface area contributed by atoms with Crippen LogP contribution >= 0.6 is 0 Å². The van der Waals surface area contributed by atoms with Crippen molar-refractivity contribution in [3.8, 4) is 11.5 Å². The third-order valence-corrected chi connectivity index (χ3v) is 3.04. The third kappa shape index (κ3) is 11.3. The molecule has 0 radical (unpaired) electrons. The van der Waals surface area contributed by atoms with E-state index in [1.54, 1.807) is 12.1 Å². The van der Waals surface area contributed by atoms with Crippen molar-refractivity contribution in [2.45, 2.75) is 39.0 Å². The van der Waals surface area contributed by atoms with Gasteiger partial charge in [-0.05, 0) is 24.5 Å². The van der Waals surface area contributed by atoms with Gasteiger partial charge >= 0.3 is 59.1 Å². The normalized spacial score (nSPS) is 9.38. The molecule has 0 fully saturated rings. The second kappa shape index (κ2) is 15.0. The SMILES string of the molecule is CCCCCCc1ccc(OCC(=O)[O-])cc1OCC(=O)[O-].[Na+].[Na+]. The monoisotopic (exact) mass is 354 g/mol. The third-order valence-electron chi connectivity index (χ3n) is 3.04. The van der Waals surface area contributed by atoms with Gasteiger partial charge in [-0.25, -0.2) is 0 Å². The van der Waals surface area contributed by atoms with Crippen molar-refractivity contribution in [2.75, 3.05) is 13.2 Å². The number of aliphatic carboxylic acids is 2. The van der Waals surface area contributed by atoms with Crippen LogP contribution in [0.1, 0.15) is 38.2 Å². The second-order valence-corrected chi connectivity index (χ2v) is 4.90. The van der Waals surface area contributed by atoms with Gasteiger partial charge in [-0.1, -0.05) is 32.3 Å². The van der Waals surface area contributed by atoms with Gasteiger partial charge in [0, 0.05) is 6.07 Å². The van der Waals surface area contributed by atoms with Crippen molar-refractivity contribution in [2.24, 2.45) is 0 Å². The van der Waals surface area contributed by atoms with Gasteiger partial charge in [-0.3, -0.25) is 0 Å². The van der Waals surface area contributed by atoms with E-state index in [1.165, 1.54) is 6.07 Å². The van der Waals surface area contributed by atoms with E-state index in [0.29, 0.717) is 5.75 Å². The molecule has 24 heavy (non-hydrogen) atoms. The maximum Gasteiger partial charge on any atom is 1.00 e. The number of hydrogen-bond donors (Lipinski definition) is 0. The summed E-state index contributed by atoms with van der Waals surface area (Å²) in [6.45, 7) is 0.986.